The van der Waals surface area contributed by atoms with Crippen molar-refractivity contribution in [3.8, 4) is 0 Å². The first kappa shape index (κ1) is 18.6. The highest BCUT2D eigenvalue weighted by molar-refractivity contribution is 5.87. The molecule has 0 radical (unpaired) electrons. The lowest BCUT2D eigenvalue weighted by Crippen LogP contribution is -2.46. The van der Waals surface area contributed by atoms with Crippen molar-refractivity contribution in [3.05, 3.63) is 71.4 Å². The van der Waals surface area contributed by atoms with Crippen molar-refractivity contribution in [1.82, 2.24) is 14.9 Å². The summed E-state index contributed by atoms with van der Waals surface area (Å²) in [6, 6.07) is 17.9. The quantitative estimate of drug-likeness (QED) is 0.509. The van der Waals surface area contributed by atoms with Gasteiger partial charge < -0.3 is 15.5 Å². The zero-order chi connectivity index (χ0) is 20.7. The minimum Gasteiger partial charge on any atom is -0.465 e. The number of carbonyl (C=O) groups is 1. The number of nitrogens with two attached hydrogens (primary N) is 1. The Bertz CT molecular complexity index is 1250. The summed E-state index contributed by atoms with van der Waals surface area (Å²) >= 11 is 0. The highest BCUT2D eigenvalue weighted by atomic mass is 16.5. The molecule has 2 aromatic heterocycles. The van der Waals surface area contributed by atoms with E-state index < -0.39 is 0 Å². The summed E-state index contributed by atoms with van der Waals surface area (Å²) in [5.74, 6) is 0.305. The molecule has 6 nitrogen and oxygen atoms in total. The number of aromatic amines is 1. The maximum Gasteiger partial charge on any atom is 0.323 e. The van der Waals surface area contributed by atoms with Crippen molar-refractivity contribution in [1.29, 1.82) is 0 Å². The first-order valence-corrected chi connectivity index (χ1v) is 10.3. The van der Waals surface area contributed by atoms with Gasteiger partial charge >= 0.3 is 5.97 Å². The SMILES string of the molecule is CCOC(=O)[C@@H]1Cc2c([nH]c3ccccc23)CN1Cc1cc2ccccc2nc1N. The van der Waals surface area contributed by atoms with Crippen LogP contribution in [0.25, 0.3) is 21.8 Å². The highest BCUT2D eigenvalue weighted by Crippen LogP contribution is 2.32. The van der Waals surface area contributed by atoms with Crippen molar-refractivity contribution >= 4 is 33.6 Å². The Kier molecular flexibility index (Phi) is 4.64. The second-order valence-electron chi connectivity index (χ2n) is 7.73. The zero-order valence-electron chi connectivity index (χ0n) is 16.9. The van der Waals surface area contributed by atoms with Crippen molar-refractivity contribution in [2.24, 2.45) is 0 Å². The summed E-state index contributed by atoms with van der Waals surface area (Å²) in [5, 5.41) is 2.21. The van der Waals surface area contributed by atoms with Gasteiger partial charge in [0.05, 0.1) is 12.1 Å². The fraction of sp³-hybridized carbons (Fsp3) is 0.250. The van der Waals surface area contributed by atoms with Gasteiger partial charge in [0.25, 0.3) is 0 Å². The van der Waals surface area contributed by atoms with Crippen LogP contribution in [0.2, 0.25) is 0 Å². The number of hydrogen-bond donors (Lipinski definition) is 2. The minimum atomic E-state index is -0.359. The van der Waals surface area contributed by atoms with E-state index in [1.165, 1.54) is 10.9 Å². The highest BCUT2D eigenvalue weighted by Gasteiger charge is 2.34. The summed E-state index contributed by atoms with van der Waals surface area (Å²) in [4.78, 5) is 23.1. The van der Waals surface area contributed by atoms with E-state index in [0.717, 1.165) is 27.7 Å². The number of ether oxygens (including phenoxy) is 1. The van der Waals surface area contributed by atoms with Gasteiger partial charge in [0.1, 0.15) is 11.9 Å². The van der Waals surface area contributed by atoms with Crippen LogP contribution in [0.4, 0.5) is 5.82 Å². The van der Waals surface area contributed by atoms with Crippen LogP contribution in [0.3, 0.4) is 0 Å². The Hall–Kier alpha value is -3.38. The number of nitrogens with zero attached hydrogens (tertiary/aromatic N) is 2. The van der Waals surface area contributed by atoms with Gasteiger partial charge in [-0.25, -0.2) is 4.98 Å². The molecule has 0 saturated carbocycles. The molecule has 0 aliphatic carbocycles. The normalized spacial score (nSPS) is 16.6. The van der Waals surface area contributed by atoms with E-state index in [2.05, 4.69) is 33.1 Å². The molecule has 3 heterocycles. The molecule has 0 bridgehead atoms. The van der Waals surface area contributed by atoms with Crippen LogP contribution in [0.15, 0.2) is 54.6 Å². The number of pyridine rings is 1. The van der Waals surface area contributed by atoms with Gasteiger partial charge in [0.15, 0.2) is 0 Å². The lowest BCUT2D eigenvalue weighted by molar-refractivity contribution is -0.150. The van der Waals surface area contributed by atoms with Crippen molar-refractivity contribution in [3.63, 3.8) is 0 Å². The van der Waals surface area contributed by atoms with Crippen LogP contribution >= 0.6 is 0 Å². The average molecular weight is 400 g/mol. The molecule has 0 spiro atoms. The largest absolute Gasteiger partial charge is 0.465 e. The topological polar surface area (TPSA) is 84.2 Å². The standard InChI is InChI=1S/C24H24N4O2/c1-2-30-24(29)22-12-18-17-8-4-6-10-20(17)26-21(18)14-28(22)13-16-11-15-7-3-5-9-19(15)27-23(16)25/h3-11,22,26H,2,12-14H2,1H3,(H2,25,27)/t22-/m0/s1. The molecule has 0 unspecified atom stereocenters. The van der Waals surface area contributed by atoms with Crippen LogP contribution < -0.4 is 5.73 Å². The van der Waals surface area contributed by atoms with E-state index in [0.29, 0.717) is 31.9 Å². The number of aromatic nitrogens is 2. The average Bonchev–Trinajstić information content (AvgIpc) is 3.11. The number of para-hydroxylation sites is 2. The predicted molar refractivity (Wildman–Crippen MR) is 118 cm³/mol. The minimum absolute atomic E-state index is 0.194. The van der Waals surface area contributed by atoms with Crippen LogP contribution in [0.1, 0.15) is 23.7 Å². The first-order chi connectivity index (χ1) is 14.6. The number of fused-ring (bicyclic) bond motifs is 4. The van der Waals surface area contributed by atoms with Gasteiger partial charge in [-0.3, -0.25) is 9.69 Å². The molecule has 30 heavy (non-hydrogen) atoms. The molecule has 0 amide bonds. The van der Waals surface area contributed by atoms with Gasteiger partial charge in [0, 0.05) is 47.1 Å². The van der Waals surface area contributed by atoms with E-state index >= 15 is 0 Å². The molecule has 6 heteroatoms. The van der Waals surface area contributed by atoms with Crippen LogP contribution in [0.5, 0.6) is 0 Å². The Balaban J connectivity index is 1.53. The lowest BCUT2D eigenvalue weighted by atomic mass is 9.96. The summed E-state index contributed by atoms with van der Waals surface area (Å²) < 4.78 is 5.42. The van der Waals surface area contributed by atoms with E-state index in [9.17, 15) is 4.79 Å². The fourth-order valence-electron chi connectivity index (χ4n) is 4.42. The van der Waals surface area contributed by atoms with Crippen LogP contribution in [-0.2, 0) is 29.0 Å². The molecule has 152 valence electrons. The third-order valence-corrected chi connectivity index (χ3v) is 5.87. The Labute approximate surface area is 174 Å². The van der Waals surface area contributed by atoms with Crippen molar-refractivity contribution in [2.45, 2.75) is 32.5 Å². The van der Waals surface area contributed by atoms with Crippen molar-refractivity contribution < 1.29 is 9.53 Å². The molecular weight excluding hydrogens is 376 g/mol. The molecular formula is C24H24N4O2. The predicted octanol–water partition coefficient (Wildman–Crippen LogP) is 3.79. The molecule has 5 rings (SSSR count). The molecule has 1 aliphatic rings. The monoisotopic (exact) mass is 400 g/mol. The number of nitrogen functional groups attached to an aromatic ring is 1. The van der Waals surface area contributed by atoms with Gasteiger partial charge in [-0.15, -0.1) is 0 Å². The Morgan fingerprint density at radius 2 is 2.03 bits per heavy atom. The second kappa shape index (κ2) is 7.46. The summed E-state index contributed by atoms with van der Waals surface area (Å²) in [6.07, 6.45) is 0.610. The number of benzene rings is 2. The van der Waals surface area contributed by atoms with Gasteiger partial charge in [-0.05, 0) is 30.7 Å². The van der Waals surface area contributed by atoms with Gasteiger partial charge in [0.2, 0.25) is 0 Å². The van der Waals surface area contributed by atoms with E-state index in [1.54, 1.807) is 0 Å². The van der Waals surface area contributed by atoms with Crippen LogP contribution in [-0.4, -0.2) is 33.5 Å². The number of rotatable bonds is 4. The fourth-order valence-corrected chi connectivity index (χ4v) is 4.42. The smallest absolute Gasteiger partial charge is 0.323 e. The first-order valence-electron chi connectivity index (χ1n) is 10.3. The molecule has 3 N–H and O–H groups in total. The lowest BCUT2D eigenvalue weighted by Gasteiger charge is -2.34. The summed E-state index contributed by atoms with van der Waals surface area (Å²) in [5.41, 5.74) is 11.5. The number of nitrogens with one attached hydrogen (secondary N) is 1. The molecule has 4 aromatic rings. The maximum absolute atomic E-state index is 12.8. The van der Waals surface area contributed by atoms with Crippen molar-refractivity contribution in [2.75, 3.05) is 12.3 Å². The summed E-state index contributed by atoms with van der Waals surface area (Å²) in [6.45, 7) is 3.36. The van der Waals surface area contributed by atoms with E-state index in [1.807, 2.05) is 43.3 Å². The molecule has 1 atom stereocenters. The Morgan fingerprint density at radius 3 is 2.90 bits per heavy atom. The van der Waals surface area contributed by atoms with Gasteiger partial charge in [-0.1, -0.05) is 36.4 Å². The summed E-state index contributed by atoms with van der Waals surface area (Å²) in [7, 11) is 0. The molecule has 2 aromatic carbocycles. The molecule has 0 saturated heterocycles. The maximum atomic E-state index is 12.8. The zero-order valence-corrected chi connectivity index (χ0v) is 16.9. The number of hydrogen-bond acceptors (Lipinski definition) is 5. The molecule has 0 fully saturated rings. The van der Waals surface area contributed by atoms with Crippen LogP contribution in [0, 0.1) is 0 Å². The van der Waals surface area contributed by atoms with E-state index in [4.69, 9.17) is 10.5 Å². The van der Waals surface area contributed by atoms with Gasteiger partial charge in [-0.2, -0.15) is 0 Å². The molecule has 1 aliphatic heterocycles. The number of esters is 1. The second-order valence-corrected chi connectivity index (χ2v) is 7.73. The number of H-pyrrole nitrogens is 1. The number of anilines is 1. The third-order valence-electron chi connectivity index (χ3n) is 5.87. The van der Waals surface area contributed by atoms with E-state index in [-0.39, 0.29) is 12.0 Å². The Morgan fingerprint density at radius 1 is 1.23 bits per heavy atom. The third kappa shape index (κ3) is 3.19. The number of carbonyl (C=O) groups excluding carboxylic acids is 1.